The first-order valence-corrected chi connectivity index (χ1v) is 5.83. The Morgan fingerprint density at radius 2 is 2.00 bits per heavy atom. The number of hydrogen-bond acceptors (Lipinski definition) is 2. The van der Waals surface area contributed by atoms with Crippen LogP contribution in [0.3, 0.4) is 0 Å². The Labute approximate surface area is 104 Å². The number of rotatable bonds is 4. The SMILES string of the molecule is CCc1ccc(CNc2cc(Cl)ccc2F)o1. The van der Waals surface area contributed by atoms with Crippen LogP contribution >= 0.6 is 11.6 Å². The molecule has 1 N–H and O–H groups in total. The van der Waals surface area contributed by atoms with Gasteiger partial charge in [0.25, 0.3) is 0 Å². The molecule has 1 aromatic carbocycles. The van der Waals surface area contributed by atoms with E-state index in [0.717, 1.165) is 17.9 Å². The lowest BCUT2D eigenvalue weighted by Crippen LogP contribution is -2.00. The van der Waals surface area contributed by atoms with Crippen LogP contribution in [0.1, 0.15) is 18.4 Å². The van der Waals surface area contributed by atoms with Crippen LogP contribution in [0.5, 0.6) is 0 Å². The van der Waals surface area contributed by atoms with E-state index in [9.17, 15) is 4.39 Å². The van der Waals surface area contributed by atoms with E-state index in [-0.39, 0.29) is 5.82 Å². The first-order chi connectivity index (χ1) is 8.19. The van der Waals surface area contributed by atoms with Gasteiger partial charge >= 0.3 is 0 Å². The first kappa shape index (κ1) is 12.0. The maximum absolute atomic E-state index is 13.4. The van der Waals surface area contributed by atoms with Crippen LogP contribution in [0.2, 0.25) is 5.02 Å². The second-order valence-corrected chi connectivity index (χ2v) is 4.14. The molecule has 1 aromatic heterocycles. The Balaban J connectivity index is 2.04. The van der Waals surface area contributed by atoms with Crippen molar-refractivity contribution in [2.24, 2.45) is 0 Å². The van der Waals surface area contributed by atoms with Gasteiger partial charge in [-0.1, -0.05) is 18.5 Å². The van der Waals surface area contributed by atoms with Crippen molar-refractivity contribution in [2.75, 3.05) is 5.32 Å². The zero-order chi connectivity index (χ0) is 12.3. The summed E-state index contributed by atoms with van der Waals surface area (Å²) in [6, 6.07) is 8.22. The summed E-state index contributed by atoms with van der Waals surface area (Å²) in [5, 5.41) is 3.46. The Morgan fingerprint density at radius 3 is 2.71 bits per heavy atom. The Bertz CT molecular complexity index is 510. The topological polar surface area (TPSA) is 25.2 Å². The van der Waals surface area contributed by atoms with E-state index in [2.05, 4.69) is 5.32 Å². The molecule has 0 atom stereocenters. The fourth-order valence-electron chi connectivity index (χ4n) is 1.52. The molecule has 0 saturated heterocycles. The predicted molar refractivity (Wildman–Crippen MR) is 66.8 cm³/mol. The lowest BCUT2D eigenvalue weighted by atomic mass is 10.3. The number of hydrogen-bond donors (Lipinski definition) is 1. The van der Waals surface area contributed by atoms with Gasteiger partial charge in [-0.15, -0.1) is 0 Å². The lowest BCUT2D eigenvalue weighted by Gasteiger charge is -2.06. The molecule has 0 aliphatic rings. The summed E-state index contributed by atoms with van der Waals surface area (Å²) in [4.78, 5) is 0. The average molecular weight is 254 g/mol. The molecule has 0 aliphatic heterocycles. The Morgan fingerprint density at radius 1 is 1.24 bits per heavy atom. The molecule has 2 nitrogen and oxygen atoms in total. The quantitative estimate of drug-likeness (QED) is 0.881. The molecule has 17 heavy (non-hydrogen) atoms. The van der Waals surface area contributed by atoms with E-state index >= 15 is 0 Å². The predicted octanol–water partition coefficient (Wildman–Crippen LogP) is 4.25. The number of benzene rings is 1. The standard InChI is InChI=1S/C13H13ClFNO/c1-2-10-4-5-11(17-10)8-16-13-7-9(14)3-6-12(13)15/h3-7,16H,2,8H2,1H3. The van der Waals surface area contributed by atoms with Crippen molar-refractivity contribution in [1.29, 1.82) is 0 Å². The highest BCUT2D eigenvalue weighted by atomic mass is 35.5. The molecule has 2 rings (SSSR count). The largest absolute Gasteiger partial charge is 0.464 e. The van der Waals surface area contributed by atoms with Crippen LogP contribution in [0.15, 0.2) is 34.7 Å². The summed E-state index contributed by atoms with van der Waals surface area (Å²) in [7, 11) is 0. The molecule has 0 aliphatic carbocycles. The third-order valence-electron chi connectivity index (χ3n) is 2.45. The smallest absolute Gasteiger partial charge is 0.146 e. The molecule has 0 bridgehead atoms. The van der Waals surface area contributed by atoms with Crippen molar-refractivity contribution in [3.05, 3.63) is 52.7 Å². The van der Waals surface area contributed by atoms with Crippen molar-refractivity contribution in [3.63, 3.8) is 0 Å². The number of aryl methyl sites for hydroxylation is 1. The molecule has 0 amide bonds. The minimum Gasteiger partial charge on any atom is -0.464 e. The fourth-order valence-corrected chi connectivity index (χ4v) is 1.69. The molecule has 0 saturated carbocycles. The zero-order valence-corrected chi connectivity index (χ0v) is 10.2. The summed E-state index contributed by atoms with van der Waals surface area (Å²) in [6.07, 6.45) is 0.853. The van der Waals surface area contributed by atoms with Gasteiger partial charge in [-0.3, -0.25) is 0 Å². The van der Waals surface area contributed by atoms with Gasteiger partial charge in [0.15, 0.2) is 0 Å². The average Bonchev–Trinajstić information content (AvgIpc) is 2.78. The number of anilines is 1. The summed E-state index contributed by atoms with van der Waals surface area (Å²) in [6.45, 7) is 2.46. The molecule has 0 fully saturated rings. The molecule has 0 radical (unpaired) electrons. The van der Waals surface area contributed by atoms with Gasteiger partial charge in [0, 0.05) is 11.4 Å². The third kappa shape index (κ3) is 3.01. The summed E-state index contributed by atoms with van der Waals surface area (Å²) >= 11 is 5.80. The molecular formula is C13H13ClFNO. The van der Waals surface area contributed by atoms with Gasteiger partial charge in [0.2, 0.25) is 0 Å². The summed E-state index contributed by atoms with van der Waals surface area (Å²) in [5.41, 5.74) is 0.381. The highest BCUT2D eigenvalue weighted by molar-refractivity contribution is 6.30. The van der Waals surface area contributed by atoms with Crippen LogP contribution in [0.4, 0.5) is 10.1 Å². The van der Waals surface area contributed by atoms with Crippen LogP contribution in [0, 0.1) is 5.82 Å². The highest BCUT2D eigenvalue weighted by Gasteiger charge is 2.04. The van der Waals surface area contributed by atoms with Gasteiger partial charge in [-0.2, -0.15) is 0 Å². The van der Waals surface area contributed by atoms with Gasteiger partial charge in [0.1, 0.15) is 17.3 Å². The molecule has 2 aromatic rings. The van der Waals surface area contributed by atoms with E-state index in [1.54, 1.807) is 6.07 Å². The van der Waals surface area contributed by atoms with E-state index in [4.69, 9.17) is 16.0 Å². The summed E-state index contributed by atoms with van der Waals surface area (Å²) in [5.74, 6) is 1.38. The Kier molecular flexibility index (Phi) is 3.69. The normalized spacial score (nSPS) is 10.5. The van der Waals surface area contributed by atoms with Crippen LogP contribution in [-0.4, -0.2) is 0 Å². The molecule has 90 valence electrons. The second kappa shape index (κ2) is 5.23. The number of nitrogens with one attached hydrogen (secondary N) is 1. The highest BCUT2D eigenvalue weighted by Crippen LogP contribution is 2.20. The van der Waals surface area contributed by atoms with Crippen molar-refractivity contribution >= 4 is 17.3 Å². The van der Waals surface area contributed by atoms with E-state index in [1.165, 1.54) is 12.1 Å². The molecule has 1 heterocycles. The lowest BCUT2D eigenvalue weighted by molar-refractivity contribution is 0.475. The van der Waals surface area contributed by atoms with Crippen molar-refractivity contribution < 1.29 is 8.81 Å². The maximum Gasteiger partial charge on any atom is 0.146 e. The maximum atomic E-state index is 13.4. The van der Waals surface area contributed by atoms with Gasteiger partial charge in [-0.25, -0.2) is 4.39 Å². The third-order valence-corrected chi connectivity index (χ3v) is 2.68. The van der Waals surface area contributed by atoms with Gasteiger partial charge < -0.3 is 9.73 Å². The first-order valence-electron chi connectivity index (χ1n) is 5.45. The van der Waals surface area contributed by atoms with Crippen LogP contribution in [0.25, 0.3) is 0 Å². The van der Waals surface area contributed by atoms with Gasteiger partial charge in [-0.05, 0) is 30.3 Å². The monoisotopic (exact) mass is 253 g/mol. The molecule has 0 unspecified atom stereocenters. The second-order valence-electron chi connectivity index (χ2n) is 3.70. The zero-order valence-electron chi connectivity index (χ0n) is 9.47. The van der Waals surface area contributed by atoms with Crippen LogP contribution < -0.4 is 5.32 Å². The Hall–Kier alpha value is -1.48. The molecular weight excluding hydrogens is 241 g/mol. The van der Waals surface area contributed by atoms with E-state index < -0.39 is 0 Å². The fraction of sp³-hybridized carbons (Fsp3) is 0.231. The number of halogens is 2. The molecule has 0 spiro atoms. The van der Waals surface area contributed by atoms with Crippen LogP contribution in [-0.2, 0) is 13.0 Å². The summed E-state index contributed by atoms with van der Waals surface area (Å²) < 4.78 is 18.9. The van der Waals surface area contributed by atoms with Gasteiger partial charge in [0.05, 0.1) is 12.2 Å². The molecule has 4 heteroatoms. The van der Waals surface area contributed by atoms with Crippen molar-refractivity contribution in [2.45, 2.75) is 19.9 Å². The van der Waals surface area contributed by atoms with E-state index in [1.807, 2.05) is 19.1 Å². The van der Waals surface area contributed by atoms with Crippen molar-refractivity contribution in [1.82, 2.24) is 0 Å². The van der Waals surface area contributed by atoms with Crippen molar-refractivity contribution in [3.8, 4) is 0 Å². The van der Waals surface area contributed by atoms with E-state index in [0.29, 0.717) is 17.3 Å². The minimum atomic E-state index is -0.323. The minimum absolute atomic E-state index is 0.323. The number of furan rings is 1.